The van der Waals surface area contributed by atoms with E-state index in [1.165, 1.54) is 36.4 Å². The van der Waals surface area contributed by atoms with Crippen molar-refractivity contribution in [2.24, 2.45) is 3.95 Å². The van der Waals surface area contributed by atoms with Crippen LogP contribution in [0.25, 0.3) is 0 Å². The van der Waals surface area contributed by atoms with Crippen molar-refractivity contribution in [3.8, 4) is 0 Å². The summed E-state index contributed by atoms with van der Waals surface area (Å²) in [7, 11) is 0. The molecule has 0 bridgehead atoms. The van der Waals surface area contributed by atoms with Gasteiger partial charge in [-0.15, -0.1) is 0 Å². The topological polar surface area (TPSA) is 12.4 Å². The van der Waals surface area contributed by atoms with Crippen LogP contribution in [-0.2, 0) is 51.4 Å². The summed E-state index contributed by atoms with van der Waals surface area (Å²) >= 11 is -7.37. The van der Waals surface area contributed by atoms with Crippen LogP contribution in [0.2, 0.25) is 4.09 Å². The van der Waals surface area contributed by atoms with E-state index >= 15 is 0 Å². The van der Waals surface area contributed by atoms with Crippen molar-refractivity contribution in [1.82, 2.24) is 0 Å². The van der Waals surface area contributed by atoms with Crippen molar-refractivity contribution in [2.45, 2.75) is 111 Å². The van der Waals surface area contributed by atoms with E-state index in [1.807, 2.05) is 0 Å². The molecule has 0 saturated heterocycles. The Labute approximate surface area is 315 Å². The molecule has 0 amide bonds. The summed E-state index contributed by atoms with van der Waals surface area (Å²) in [6, 6.07) is 40.7. The Kier molecular flexibility index (Phi) is 12.0. The van der Waals surface area contributed by atoms with Crippen molar-refractivity contribution in [3.63, 3.8) is 0 Å². The van der Waals surface area contributed by atoms with Crippen LogP contribution in [0.4, 0.5) is 0 Å². The average molecular weight is 795 g/mol. The van der Waals surface area contributed by atoms with Gasteiger partial charge >= 0.3 is 317 Å². The molecule has 0 saturated carbocycles. The van der Waals surface area contributed by atoms with Gasteiger partial charge in [-0.3, -0.25) is 0 Å². The van der Waals surface area contributed by atoms with Gasteiger partial charge in [0.25, 0.3) is 0 Å². The molecule has 51 heavy (non-hydrogen) atoms. The van der Waals surface area contributed by atoms with Crippen LogP contribution in [-0.4, -0.2) is 31.3 Å². The molecule has 6 rings (SSSR count). The van der Waals surface area contributed by atoms with Crippen LogP contribution < -0.4 is 17.6 Å². The first kappa shape index (κ1) is 37.6. The number of hydrogen-bond acceptors (Lipinski definition) is 1. The van der Waals surface area contributed by atoms with Gasteiger partial charge in [-0.2, -0.15) is 0 Å². The number of hydrogen-bond donors (Lipinski definition) is 0. The first-order valence-electron chi connectivity index (χ1n) is 20.0. The zero-order chi connectivity index (χ0) is 36.2. The molecule has 5 aromatic carbocycles. The third kappa shape index (κ3) is 6.35. The SMILES string of the molecule is CCc1cccc(CC)[c]1[Ge]1([c]2c(CC)cccc2CC)[CH2][Ge]([c]2c(CC)cccc2CC)([c]2c(CC)cccc2CC)[C](c2ccccc2)=[N]1. The quantitative estimate of drug-likeness (QED) is 0.106. The van der Waals surface area contributed by atoms with Gasteiger partial charge in [-0.05, 0) is 0 Å². The van der Waals surface area contributed by atoms with Crippen LogP contribution in [0.3, 0.4) is 0 Å². The molecule has 0 radical (unpaired) electrons. The van der Waals surface area contributed by atoms with E-state index in [-0.39, 0.29) is 0 Å². The van der Waals surface area contributed by atoms with E-state index in [9.17, 15) is 0 Å². The molecule has 5 aromatic rings. The molecule has 3 heteroatoms. The summed E-state index contributed by atoms with van der Waals surface area (Å²) in [6.45, 7) is 19.1. The molecule has 0 fully saturated rings. The molecule has 0 aliphatic carbocycles. The minimum atomic E-state index is -3.69. The zero-order valence-electron chi connectivity index (χ0n) is 32.6. The maximum absolute atomic E-state index is 6.76. The number of aryl methyl sites for hydroxylation is 8. The van der Waals surface area contributed by atoms with E-state index in [0.717, 1.165) is 51.4 Å². The molecular weight excluding hydrogens is 736 g/mol. The van der Waals surface area contributed by atoms with Crippen LogP contribution in [0, 0.1) is 0 Å². The standard InChI is InChI=1S/C48H59Ge2N/c1-9-35-26-20-27-36(10-2)44(35)49(45-37(11-3)28-21-29-38(45)12-4)34-50(51-48(49)43-24-18-17-19-25-43,46-39(13-5)30-22-31-40(46)14-6)47-41(15-7)32-23-33-42(47)16-8/h17-33H,9-16,34H2,1-8H3. The maximum atomic E-state index is 6.76. The molecule has 0 spiro atoms. The molecule has 1 heterocycles. The van der Waals surface area contributed by atoms with Crippen molar-refractivity contribution in [2.75, 3.05) is 0 Å². The molecule has 1 aliphatic rings. The van der Waals surface area contributed by atoms with E-state index in [4.69, 9.17) is 3.95 Å². The fraction of sp³-hybridized carbons (Fsp3) is 0.354. The predicted octanol–water partition coefficient (Wildman–Crippen LogP) is 9.09. The Balaban J connectivity index is 1.96. The second-order valence-corrected chi connectivity index (χ2v) is 32.1. The van der Waals surface area contributed by atoms with Crippen LogP contribution >= 0.6 is 0 Å². The monoisotopic (exact) mass is 797 g/mol. The molecule has 0 aromatic heterocycles. The molecular formula is C48H59Ge2N. The molecule has 264 valence electrons. The summed E-state index contributed by atoms with van der Waals surface area (Å²) in [4.78, 5) is 0. The fourth-order valence-electron chi connectivity index (χ4n) is 9.78. The van der Waals surface area contributed by atoms with Crippen LogP contribution in [0.15, 0.2) is 107 Å². The average Bonchev–Trinajstić information content (AvgIpc) is 3.56. The number of rotatable bonds is 13. The van der Waals surface area contributed by atoms with Gasteiger partial charge in [-0.25, -0.2) is 0 Å². The summed E-state index contributed by atoms with van der Waals surface area (Å²) in [6.07, 6.45) is 8.35. The van der Waals surface area contributed by atoms with Gasteiger partial charge in [0, 0.05) is 0 Å². The van der Waals surface area contributed by atoms with Crippen molar-refractivity contribution < 1.29 is 0 Å². The third-order valence-corrected chi connectivity index (χ3v) is 42.7. The zero-order valence-corrected chi connectivity index (χ0v) is 36.8. The Bertz CT molecular complexity index is 1820. The fourth-order valence-corrected chi connectivity index (χ4v) is 55.1. The van der Waals surface area contributed by atoms with Gasteiger partial charge in [0.15, 0.2) is 0 Å². The second kappa shape index (κ2) is 16.3. The summed E-state index contributed by atoms with van der Waals surface area (Å²) in [5.41, 5.74) is 13.8. The third-order valence-electron chi connectivity index (χ3n) is 12.0. The van der Waals surface area contributed by atoms with Crippen LogP contribution in [0.5, 0.6) is 0 Å². The molecule has 0 N–H and O–H groups in total. The minimum absolute atomic E-state index is 1.04. The Morgan fingerprint density at radius 3 is 0.961 bits per heavy atom. The number of benzene rings is 5. The first-order chi connectivity index (χ1) is 24.9. The van der Waals surface area contributed by atoms with Crippen molar-refractivity contribution in [3.05, 3.63) is 153 Å². The Morgan fingerprint density at radius 2 is 0.667 bits per heavy atom. The predicted molar refractivity (Wildman–Crippen MR) is 229 cm³/mol. The van der Waals surface area contributed by atoms with E-state index in [0.29, 0.717) is 0 Å². The van der Waals surface area contributed by atoms with Crippen molar-refractivity contribution >= 4 is 48.9 Å². The molecule has 1 aliphatic heterocycles. The van der Waals surface area contributed by atoms with E-state index in [1.54, 1.807) is 39.8 Å². The first-order valence-corrected chi connectivity index (χ1v) is 29.2. The Hall–Kier alpha value is -3.14. The number of nitrogens with zero attached hydrogens (tertiary/aromatic N) is 1. The summed E-state index contributed by atoms with van der Waals surface area (Å²) in [5.74, 6) is 0. The van der Waals surface area contributed by atoms with Gasteiger partial charge in [-0.1, -0.05) is 0 Å². The van der Waals surface area contributed by atoms with Gasteiger partial charge in [0.1, 0.15) is 0 Å². The summed E-state index contributed by atoms with van der Waals surface area (Å²) in [5, 5.41) is 0. The van der Waals surface area contributed by atoms with E-state index < -0.39 is 26.8 Å². The molecule has 1 nitrogen and oxygen atoms in total. The van der Waals surface area contributed by atoms with Crippen LogP contribution in [0.1, 0.15) is 105 Å². The summed E-state index contributed by atoms with van der Waals surface area (Å²) < 4.78 is 16.3. The normalized spacial score (nSPS) is 14.9. The van der Waals surface area contributed by atoms with Gasteiger partial charge in [0.05, 0.1) is 0 Å². The molecule has 0 atom stereocenters. The van der Waals surface area contributed by atoms with Gasteiger partial charge in [0.2, 0.25) is 0 Å². The second-order valence-electron chi connectivity index (χ2n) is 14.4. The van der Waals surface area contributed by atoms with E-state index in [2.05, 4.69) is 159 Å². The Morgan fingerprint density at radius 1 is 0.373 bits per heavy atom. The molecule has 0 unspecified atom stereocenters. The van der Waals surface area contributed by atoms with Gasteiger partial charge < -0.3 is 0 Å². The van der Waals surface area contributed by atoms with Crippen molar-refractivity contribution in [1.29, 1.82) is 0 Å².